The Morgan fingerprint density at radius 2 is 1.71 bits per heavy atom. The lowest BCUT2D eigenvalue weighted by molar-refractivity contribution is -0.385. The van der Waals surface area contributed by atoms with Crippen LogP contribution in [-0.2, 0) is 16.6 Å². The predicted octanol–water partition coefficient (Wildman–Crippen LogP) is 3.65. The maximum atomic E-state index is 12.8. The number of amides is 1. The third-order valence-electron chi connectivity index (χ3n) is 5.05. The fraction of sp³-hybridized carbons (Fsp3) is 0.208. The van der Waals surface area contributed by atoms with Crippen molar-refractivity contribution < 1.29 is 18.1 Å². The summed E-state index contributed by atoms with van der Waals surface area (Å²) in [4.78, 5) is 24.9. The molecule has 3 aromatic rings. The summed E-state index contributed by atoms with van der Waals surface area (Å²) in [6.45, 7) is 2.00. The molecule has 1 amide bonds. The standard InChI is InChI=1S/C24H26N4O5S/c1-27(18-19-9-3-2-4-10-19)16-8-15-25-24(29)22-13-5-6-14-23(22)26-34(32,33)21-12-7-11-20(17-21)28(30)31/h2-7,9-14,17,26H,8,15-16,18H2,1H3,(H,25,29). The number of hydrogen-bond acceptors (Lipinski definition) is 6. The molecule has 0 aliphatic carbocycles. The summed E-state index contributed by atoms with van der Waals surface area (Å²) in [7, 11) is -2.13. The first-order chi connectivity index (χ1) is 16.3. The molecule has 9 nitrogen and oxygen atoms in total. The third-order valence-corrected chi connectivity index (χ3v) is 6.42. The molecule has 2 N–H and O–H groups in total. The number of carbonyl (C=O) groups excluding carboxylic acids is 1. The van der Waals surface area contributed by atoms with Crippen LogP contribution in [0.4, 0.5) is 11.4 Å². The van der Waals surface area contributed by atoms with E-state index >= 15 is 0 Å². The molecular formula is C24H26N4O5S. The number of nitrogens with one attached hydrogen (secondary N) is 2. The normalized spacial score (nSPS) is 11.2. The topological polar surface area (TPSA) is 122 Å². The average molecular weight is 483 g/mol. The van der Waals surface area contributed by atoms with Crippen molar-refractivity contribution in [1.82, 2.24) is 10.2 Å². The Hall–Kier alpha value is -3.76. The van der Waals surface area contributed by atoms with Gasteiger partial charge in [0.1, 0.15) is 0 Å². The fourth-order valence-corrected chi connectivity index (χ4v) is 4.48. The van der Waals surface area contributed by atoms with Gasteiger partial charge in [-0.1, -0.05) is 48.5 Å². The van der Waals surface area contributed by atoms with Gasteiger partial charge in [-0.05, 0) is 43.8 Å². The van der Waals surface area contributed by atoms with Gasteiger partial charge in [0.15, 0.2) is 0 Å². The van der Waals surface area contributed by atoms with Crippen molar-refractivity contribution in [3.8, 4) is 0 Å². The van der Waals surface area contributed by atoms with E-state index in [-0.39, 0.29) is 21.8 Å². The van der Waals surface area contributed by atoms with Crippen LogP contribution in [0.1, 0.15) is 22.3 Å². The molecule has 0 unspecified atom stereocenters. The van der Waals surface area contributed by atoms with Crippen LogP contribution in [-0.4, -0.2) is 44.3 Å². The number of para-hydroxylation sites is 1. The average Bonchev–Trinajstić information content (AvgIpc) is 2.82. The molecule has 0 aromatic heterocycles. The van der Waals surface area contributed by atoms with Crippen LogP contribution in [0.15, 0.2) is 83.8 Å². The van der Waals surface area contributed by atoms with Crippen molar-refractivity contribution in [2.45, 2.75) is 17.9 Å². The van der Waals surface area contributed by atoms with Gasteiger partial charge < -0.3 is 10.2 Å². The van der Waals surface area contributed by atoms with E-state index in [2.05, 4.69) is 27.1 Å². The fourth-order valence-electron chi connectivity index (χ4n) is 3.36. The number of nitro benzene ring substituents is 1. The van der Waals surface area contributed by atoms with Crippen LogP contribution in [0, 0.1) is 10.1 Å². The van der Waals surface area contributed by atoms with E-state index in [0.717, 1.165) is 25.6 Å². The Morgan fingerprint density at radius 3 is 2.44 bits per heavy atom. The van der Waals surface area contributed by atoms with E-state index in [4.69, 9.17) is 0 Å². The molecule has 0 radical (unpaired) electrons. The Balaban J connectivity index is 1.59. The maximum Gasteiger partial charge on any atom is 0.270 e. The van der Waals surface area contributed by atoms with Crippen molar-refractivity contribution in [2.75, 3.05) is 24.9 Å². The van der Waals surface area contributed by atoms with Crippen molar-refractivity contribution >= 4 is 27.3 Å². The van der Waals surface area contributed by atoms with E-state index in [1.807, 2.05) is 25.2 Å². The zero-order valence-corrected chi connectivity index (χ0v) is 19.5. The van der Waals surface area contributed by atoms with Crippen molar-refractivity contribution in [1.29, 1.82) is 0 Å². The summed E-state index contributed by atoms with van der Waals surface area (Å²) < 4.78 is 27.9. The largest absolute Gasteiger partial charge is 0.352 e. The second kappa shape index (κ2) is 11.4. The molecule has 0 aliphatic heterocycles. The van der Waals surface area contributed by atoms with Gasteiger partial charge in [-0.15, -0.1) is 0 Å². The molecule has 3 rings (SSSR count). The van der Waals surface area contributed by atoms with E-state index in [1.165, 1.54) is 35.9 Å². The molecule has 0 aliphatic rings. The molecule has 34 heavy (non-hydrogen) atoms. The van der Waals surface area contributed by atoms with Gasteiger partial charge in [-0.25, -0.2) is 8.42 Å². The molecule has 10 heteroatoms. The van der Waals surface area contributed by atoms with Crippen LogP contribution >= 0.6 is 0 Å². The zero-order chi connectivity index (χ0) is 24.6. The molecule has 0 saturated heterocycles. The first kappa shape index (κ1) is 24.9. The van der Waals surface area contributed by atoms with Gasteiger partial charge in [0.2, 0.25) is 0 Å². The van der Waals surface area contributed by atoms with Gasteiger partial charge in [-0.3, -0.25) is 19.6 Å². The number of hydrogen-bond donors (Lipinski definition) is 2. The number of benzene rings is 3. The van der Waals surface area contributed by atoms with Crippen molar-refractivity contribution in [3.63, 3.8) is 0 Å². The highest BCUT2D eigenvalue weighted by Gasteiger charge is 2.20. The molecule has 0 fully saturated rings. The first-order valence-corrected chi connectivity index (χ1v) is 12.1. The molecule has 178 valence electrons. The number of nitro groups is 1. The summed E-state index contributed by atoms with van der Waals surface area (Å²) in [6, 6.07) is 21.0. The van der Waals surface area contributed by atoms with E-state index in [1.54, 1.807) is 12.1 Å². The van der Waals surface area contributed by atoms with Gasteiger partial charge in [0.25, 0.3) is 21.6 Å². The van der Waals surface area contributed by atoms with E-state index in [0.29, 0.717) is 6.54 Å². The summed E-state index contributed by atoms with van der Waals surface area (Å²) in [5.41, 5.74) is 1.12. The van der Waals surface area contributed by atoms with Crippen LogP contribution in [0.25, 0.3) is 0 Å². The second-order valence-corrected chi connectivity index (χ2v) is 9.42. The maximum absolute atomic E-state index is 12.8. The van der Waals surface area contributed by atoms with Crippen LogP contribution in [0.2, 0.25) is 0 Å². The molecule has 0 heterocycles. The van der Waals surface area contributed by atoms with E-state index in [9.17, 15) is 23.3 Å². The SMILES string of the molecule is CN(CCCNC(=O)c1ccccc1NS(=O)(=O)c1cccc([N+](=O)[O-])c1)Cc1ccccc1. The predicted molar refractivity (Wildman–Crippen MR) is 130 cm³/mol. The summed E-state index contributed by atoms with van der Waals surface area (Å²) >= 11 is 0. The van der Waals surface area contributed by atoms with Crippen molar-refractivity contribution in [3.05, 3.63) is 100 Å². The monoisotopic (exact) mass is 482 g/mol. The molecule has 0 spiro atoms. The molecular weight excluding hydrogens is 456 g/mol. The summed E-state index contributed by atoms with van der Waals surface area (Å²) in [5.74, 6) is -0.414. The Labute approximate surface area is 198 Å². The van der Waals surface area contributed by atoms with Gasteiger partial charge in [0.05, 0.1) is 21.1 Å². The lowest BCUT2D eigenvalue weighted by Crippen LogP contribution is -2.29. The van der Waals surface area contributed by atoms with Gasteiger partial charge in [-0.2, -0.15) is 0 Å². The molecule has 3 aromatic carbocycles. The number of anilines is 1. The van der Waals surface area contributed by atoms with Crippen LogP contribution in [0.5, 0.6) is 0 Å². The highest BCUT2D eigenvalue weighted by Crippen LogP contribution is 2.22. The van der Waals surface area contributed by atoms with Gasteiger partial charge >= 0.3 is 0 Å². The van der Waals surface area contributed by atoms with Crippen LogP contribution in [0.3, 0.4) is 0 Å². The minimum absolute atomic E-state index is 0.0905. The van der Waals surface area contributed by atoms with E-state index < -0.39 is 20.9 Å². The minimum atomic E-state index is -4.13. The number of nitrogens with zero attached hydrogens (tertiary/aromatic N) is 2. The molecule has 0 atom stereocenters. The highest BCUT2D eigenvalue weighted by atomic mass is 32.2. The number of sulfonamides is 1. The lowest BCUT2D eigenvalue weighted by atomic mass is 10.1. The Bertz CT molecular complexity index is 1250. The van der Waals surface area contributed by atoms with Gasteiger partial charge in [0, 0.05) is 25.2 Å². The number of non-ortho nitro benzene ring substituents is 1. The minimum Gasteiger partial charge on any atom is -0.352 e. The Kier molecular flexibility index (Phi) is 8.34. The number of rotatable bonds is 11. The lowest BCUT2D eigenvalue weighted by Gasteiger charge is -2.17. The second-order valence-electron chi connectivity index (χ2n) is 7.74. The first-order valence-electron chi connectivity index (χ1n) is 10.6. The van der Waals surface area contributed by atoms with Crippen molar-refractivity contribution in [2.24, 2.45) is 0 Å². The molecule has 0 bridgehead atoms. The Morgan fingerprint density at radius 1 is 1.00 bits per heavy atom. The van der Waals surface area contributed by atoms with Crippen LogP contribution < -0.4 is 10.0 Å². The smallest absolute Gasteiger partial charge is 0.270 e. The zero-order valence-electron chi connectivity index (χ0n) is 18.7. The summed E-state index contributed by atoms with van der Waals surface area (Å²) in [5, 5.41) is 13.8. The third kappa shape index (κ3) is 6.87. The molecule has 0 saturated carbocycles. The quantitative estimate of drug-likeness (QED) is 0.244. The number of carbonyl (C=O) groups is 1. The highest BCUT2D eigenvalue weighted by molar-refractivity contribution is 7.92. The summed E-state index contributed by atoms with van der Waals surface area (Å²) in [6.07, 6.45) is 0.719.